The smallest absolute Gasteiger partial charge is 0.319 e. The molecule has 0 saturated carbocycles. The lowest BCUT2D eigenvalue weighted by molar-refractivity contribution is -0.135. The summed E-state index contributed by atoms with van der Waals surface area (Å²) in [6, 6.07) is 13.9. The van der Waals surface area contributed by atoms with Gasteiger partial charge in [-0.3, -0.25) is 34.3 Å². The van der Waals surface area contributed by atoms with Crippen molar-refractivity contribution in [2.75, 3.05) is 50.7 Å². The molecule has 5 fully saturated rings. The van der Waals surface area contributed by atoms with Crippen LogP contribution in [0, 0.1) is 23.0 Å². The number of phenolic OH excluding ortho intramolecular Hbond substituents is 1. The van der Waals surface area contributed by atoms with Crippen molar-refractivity contribution < 1.29 is 33.0 Å². The maximum Gasteiger partial charge on any atom is 0.319 e. The van der Waals surface area contributed by atoms with Crippen LogP contribution in [0.25, 0.3) is 43.8 Å². The molecular formula is C49H49F2N11O5. The normalized spacial score (nSPS) is 21.9. The molecule has 3 unspecified atom stereocenters. The van der Waals surface area contributed by atoms with E-state index in [4.69, 9.17) is 14.8 Å². The predicted octanol–water partition coefficient (Wildman–Crippen LogP) is 5.30. The van der Waals surface area contributed by atoms with Crippen LogP contribution in [0.5, 0.6) is 11.8 Å². The van der Waals surface area contributed by atoms with Crippen LogP contribution in [0.2, 0.25) is 0 Å². The molecule has 3 amide bonds. The monoisotopic (exact) mass is 909 g/mol. The van der Waals surface area contributed by atoms with Crippen LogP contribution in [0.1, 0.15) is 80.0 Å². The zero-order chi connectivity index (χ0) is 46.1. The standard InChI is InChI=1S/C49H49F2N11O5/c1-59-39-19-27(2-6-33(39)44(58-59)34-7-9-40(64)55-48(34)66)26-10-16-61(17-11-26)41(65)25-60-14-12-32(13-15-60)67-49-56-46-37(47(57-49)62-23-29-4-5-30(24-62)54-29)22-53-45(43(46)51)35-20-31(63)18-28-3-8-38(50)36(21-52)42(28)35/h2-3,6,8,18-20,22,26,29-30,32,34,54,63H,4-5,7,9-17,23-25H2,1H3,(H,55,64,66). The molecule has 8 heterocycles. The second-order valence-electron chi connectivity index (χ2n) is 18.7. The Hall–Kier alpha value is -6.84. The predicted molar refractivity (Wildman–Crippen MR) is 243 cm³/mol. The van der Waals surface area contributed by atoms with E-state index in [0.29, 0.717) is 93.8 Å². The van der Waals surface area contributed by atoms with Crippen molar-refractivity contribution in [1.82, 2.24) is 45.2 Å². The van der Waals surface area contributed by atoms with Crippen molar-refractivity contribution >= 4 is 56.1 Å². The van der Waals surface area contributed by atoms with E-state index >= 15 is 4.39 Å². The quantitative estimate of drug-likeness (QED) is 0.167. The number of piperidine rings is 3. The van der Waals surface area contributed by atoms with Gasteiger partial charge in [-0.05, 0) is 86.1 Å². The molecular weight excluding hydrogens is 861 g/mol. The number of fused-ring (bicyclic) bond motifs is 5. The number of nitriles is 1. The fourth-order valence-electron chi connectivity index (χ4n) is 11.0. The molecule has 344 valence electrons. The molecule has 16 nitrogen and oxygen atoms in total. The van der Waals surface area contributed by atoms with Gasteiger partial charge in [-0.25, -0.2) is 8.78 Å². The summed E-state index contributed by atoms with van der Waals surface area (Å²) in [6.07, 6.45) is 6.86. The number of pyridine rings is 1. The zero-order valence-electron chi connectivity index (χ0n) is 37.0. The molecule has 3 N–H and O–H groups in total. The molecule has 3 aromatic heterocycles. The van der Waals surface area contributed by atoms with E-state index in [1.807, 2.05) is 24.1 Å². The number of ether oxygens (including phenoxy) is 1. The van der Waals surface area contributed by atoms with E-state index in [1.165, 1.54) is 30.0 Å². The Kier molecular flexibility index (Phi) is 10.9. The summed E-state index contributed by atoms with van der Waals surface area (Å²) in [4.78, 5) is 58.2. The molecule has 3 aromatic carbocycles. The van der Waals surface area contributed by atoms with Gasteiger partial charge in [0.25, 0.3) is 0 Å². The van der Waals surface area contributed by atoms with Crippen LogP contribution in [0.4, 0.5) is 14.6 Å². The lowest BCUT2D eigenvalue weighted by Gasteiger charge is -2.36. The first kappa shape index (κ1) is 42.8. The second kappa shape index (κ2) is 17.1. The van der Waals surface area contributed by atoms with Crippen LogP contribution in [0.3, 0.4) is 0 Å². The number of phenols is 1. The number of benzene rings is 3. The Bertz CT molecular complexity index is 3040. The van der Waals surface area contributed by atoms with Crippen LogP contribution in [0.15, 0.2) is 48.7 Å². The van der Waals surface area contributed by atoms with Gasteiger partial charge in [-0.15, -0.1) is 0 Å². The first-order valence-electron chi connectivity index (χ1n) is 23.2. The average Bonchev–Trinajstić information content (AvgIpc) is 3.85. The number of halogens is 2. The number of carbonyl (C=O) groups is 3. The van der Waals surface area contributed by atoms with Crippen LogP contribution in [-0.4, -0.2) is 121 Å². The molecule has 5 saturated heterocycles. The summed E-state index contributed by atoms with van der Waals surface area (Å²) in [7, 11) is 1.87. The molecule has 67 heavy (non-hydrogen) atoms. The Morgan fingerprint density at radius 3 is 2.46 bits per heavy atom. The van der Waals surface area contributed by atoms with Gasteiger partial charge >= 0.3 is 6.01 Å². The molecule has 11 rings (SSSR count). The summed E-state index contributed by atoms with van der Waals surface area (Å²) >= 11 is 0. The number of hydrogen-bond donors (Lipinski definition) is 3. The number of carbonyl (C=O) groups excluding carboxylic acids is 3. The molecule has 6 aromatic rings. The number of aromatic hydroxyl groups is 1. The third kappa shape index (κ3) is 7.93. The summed E-state index contributed by atoms with van der Waals surface area (Å²) in [6.45, 7) is 4.15. The molecule has 0 spiro atoms. The molecule has 2 bridgehead atoms. The number of nitrogens with zero attached hydrogens (tertiary/aromatic N) is 9. The number of likely N-dealkylation sites (tertiary alicyclic amines) is 2. The summed E-state index contributed by atoms with van der Waals surface area (Å²) < 4.78 is 40.2. The number of amides is 3. The molecule has 18 heteroatoms. The van der Waals surface area contributed by atoms with E-state index in [2.05, 4.69) is 42.5 Å². The molecule has 5 aliphatic heterocycles. The Morgan fingerprint density at radius 2 is 1.72 bits per heavy atom. The summed E-state index contributed by atoms with van der Waals surface area (Å²) in [5.74, 6) is -1.91. The van der Waals surface area contributed by atoms with Crippen molar-refractivity contribution in [3.05, 3.63) is 77.1 Å². The highest BCUT2D eigenvalue weighted by Gasteiger charge is 2.36. The Balaban J connectivity index is 0.765. The molecule has 3 atom stereocenters. The number of piperazine rings is 1. The first-order chi connectivity index (χ1) is 32.5. The van der Waals surface area contributed by atoms with Gasteiger partial charge in [-0.1, -0.05) is 18.2 Å². The first-order valence-corrected chi connectivity index (χ1v) is 23.2. The fraction of sp³-hybridized carbons (Fsp3) is 0.429. The van der Waals surface area contributed by atoms with Gasteiger partial charge in [0.2, 0.25) is 17.7 Å². The van der Waals surface area contributed by atoms with Gasteiger partial charge in [0, 0.05) is 87.4 Å². The van der Waals surface area contributed by atoms with Crippen LogP contribution < -0.4 is 20.3 Å². The number of anilines is 1. The lowest BCUT2D eigenvalue weighted by atomic mass is 9.87. The van der Waals surface area contributed by atoms with Crippen LogP contribution in [-0.2, 0) is 21.4 Å². The van der Waals surface area contributed by atoms with Crippen molar-refractivity contribution in [2.24, 2.45) is 7.05 Å². The van der Waals surface area contributed by atoms with E-state index in [-0.39, 0.29) is 81.3 Å². The Labute approximate surface area is 383 Å². The number of aromatic nitrogens is 5. The molecule has 0 aliphatic carbocycles. The minimum atomic E-state index is -0.809. The average molecular weight is 910 g/mol. The zero-order valence-corrected chi connectivity index (χ0v) is 37.0. The molecule has 0 radical (unpaired) electrons. The van der Waals surface area contributed by atoms with Gasteiger partial charge in [0.05, 0.1) is 34.6 Å². The minimum absolute atomic E-state index is 0.0173. The number of nitrogens with one attached hydrogen (secondary N) is 2. The highest BCUT2D eigenvalue weighted by molar-refractivity contribution is 6.04. The maximum atomic E-state index is 17.0. The van der Waals surface area contributed by atoms with Gasteiger partial charge in [0.1, 0.15) is 40.8 Å². The third-order valence-electron chi connectivity index (χ3n) is 14.5. The lowest BCUT2D eigenvalue weighted by Crippen LogP contribution is -2.51. The second-order valence-corrected chi connectivity index (χ2v) is 18.7. The SMILES string of the molecule is Cn1nc(C2CCC(=O)NC2=O)c2ccc(C3CCN(C(=O)CN4CCC(Oc5nc(N6CC7CCC(C6)N7)c6cnc(-c7cc(O)cc8ccc(F)c(C#N)c78)c(F)c6n5)CC4)CC3)cc21. The van der Waals surface area contributed by atoms with Crippen molar-refractivity contribution in [1.29, 1.82) is 5.26 Å². The number of rotatable bonds is 8. The van der Waals surface area contributed by atoms with Gasteiger partial charge in [0.15, 0.2) is 5.82 Å². The number of imide groups is 1. The maximum absolute atomic E-state index is 17.0. The van der Waals surface area contributed by atoms with Crippen LogP contribution >= 0.6 is 0 Å². The molecule has 5 aliphatic rings. The minimum Gasteiger partial charge on any atom is -0.508 e. The van der Waals surface area contributed by atoms with Gasteiger partial charge < -0.3 is 25.0 Å². The third-order valence-corrected chi connectivity index (χ3v) is 14.5. The number of aryl methyl sites for hydroxylation is 1. The summed E-state index contributed by atoms with van der Waals surface area (Å²) in [5, 5.41) is 33.1. The van der Waals surface area contributed by atoms with Crippen molar-refractivity contribution in [3.63, 3.8) is 0 Å². The fourth-order valence-corrected chi connectivity index (χ4v) is 11.0. The highest BCUT2D eigenvalue weighted by atomic mass is 19.1. The van der Waals surface area contributed by atoms with E-state index in [0.717, 1.165) is 42.7 Å². The van der Waals surface area contributed by atoms with E-state index in [1.54, 1.807) is 4.68 Å². The van der Waals surface area contributed by atoms with Crippen molar-refractivity contribution in [3.8, 4) is 29.1 Å². The Morgan fingerprint density at radius 1 is 0.940 bits per heavy atom. The van der Waals surface area contributed by atoms with E-state index in [9.17, 15) is 29.1 Å². The number of hydrogen-bond acceptors (Lipinski definition) is 13. The largest absolute Gasteiger partial charge is 0.508 e. The topological polar surface area (TPSA) is 195 Å². The van der Waals surface area contributed by atoms with Crippen molar-refractivity contribution in [2.45, 2.75) is 81.4 Å². The van der Waals surface area contributed by atoms with Gasteiger partial charge in [-0.2, -0.15) is 20.3 Å². The summed E-state index contributed by atoms with van der Waals surface area (Å²) in [5.41, 5.74) is 2.36. The highest BCUT2D eigenvalue weighted by Crippen LogP contribution is 2.40. The van der Waals surface area contributed by atoms with E-state index < -0.39 is 17.6 Å².